The number of benzene rings is 1. The van der Waals surface area contributed by atoms with Crippen molar-refractivity contribution in [1.29, 1.82) is 0 Å². The average Bonchev–Trinajstić information content (AvgIpc) is 3.33. The van der Waals surface area contributed by atoms with Crippen molar-refractivity contribution < 1.29 is 9.32 Å². The number of aryl methyl sites for hydroxylation is 1. The van der Waals surface area contributed by atoms with Crippen molar-refractivity contribution in [3.8, 4) is 11.4 Å². The van der Waals surface area contributed by atoms with Crippen LogP contribution in [-0.2, 0) is 11.2 Å². The number of nitrogens with one attached hydrogen (secondary N) is 1. The van der Waals surface area contributed by atoms with Gasteiger partial charge in [-0.1, -0.05) is 35.5 Å². The normalized spacial score (nSPS) is 16.6. The molecule has 1 aliphatic heterocycles. The fourth-order valence-corrected chi connectivity index (χ4v) is 3.30. The van der Waals surface area contributed by atoms with Gasteiger partial charge in [0.15, 0.2) is 0 Å². The van der Waals surface area contributed by atoms with Crippen molar-refractivity contribution in [2.24, 2.45) is 0 Å². The van der Waals surface area contributed by atoms with Crippen LogP contribution in [0.4, 0.5) is 0 Å². The minimum Gasteiger partial charge on any atom is -0.337 e. The van der Waals surface area contributed by atoms with E-state index < -0.39 is 0 Å². The van der Waals surface area contributed by atoms with Gasteiger partial charge in [-0.05, 0) is 19.8 Å². The Bertz CT molecular complexity index is 1010. The van der Waals surface area contributed by atoms with E-state index in [0.29, 0.717) is 29.6 Å². The molecule has 1 fully saturated rings. The quantitative estimate of drug-likeness (QED) is 0.758. The third-order valence-corrected chi connectivity index (χ3v) is 4.67. The van der Waals surface area contributed by atoms with Crippen molar-refractivity contribution in [2.45, 2.75) is 32.2 Å². The SMILES string of the molecule is Cc1ncc(CC(=O)N2CCC[C@H]2c2nc(-c3ccccc3)no2)c(=O)[nH]1. The highest BCUT2D eigenvalue weighted by molar-refractivity contribution is 5.79. The topological polar surface area (TPSA) is 105 Å². The first-order valence-corrected chi connectivity index (χ1v) is 8.85. The Balaban J connectivity index is 1.53. The summed E-state index contributed by atoms with van der Waals surface area (Å²) in [6.07, 6.45) is 3.06. The number of amides is 1. The average molecular weight is 365 g/mol. The smallest absolute Gasteiger partial charge is 0.254 e. The summed E-state index contributed by atoms with van der Waals surface area (Å²) in [5, 5.41) is 4.04. The fraction of sp³-hybridized carbons (Fsp3) is 0.316. The van der Waals surface area contributed by atoms with E-state index >= 15 is 0 Å². The highest BCUT2D eigenvalue weighted by Crippen LogP contribution is 2.32. The second kappa shape index (κ2) is 7.14. The lowest BCUT2D eigenvalue weighted by atomic mass is 10.2. The highest BCUT2D eigenvalue weighted by atomic mass is 16.5. The summed E-state index contributed by atoms with van der Waals surface area (Å²) in [7, 11) is 0. The van der Waals surface area contributed by atoms with Crippen molar-refractivity contribution >= 4 is 5.91 Å². The highest BCUT2D eigenvalue weighted by Gasteiger charge is 2.34. The van der Waals surface area contributed by atoms with Gasteiger partial charge in [-0.15, -0.1) is 0 Å². The first-order chi connectivity index (χ1) is 13.1. The molecule has 1 amide bonds. The van der Waals surface area contributed by atoms with Crippen LogP contribution in [0, 0.1) is 6.92 Å². The van der Waals surface area contributed by atoms with Gasteiger partial charge in [0.05, 0.1) is 6.42 Å². The summed E-state index contributed by atoms with van der Waals surface area (Å²) < 4.78 is 5.44. The molecule has 8 nitrogen and oxygen atoms in total. The minimum absolute atomic E-state index is 0.00120. The zero-order valence-corrected chi connectivity index (χ0v) is 14.9. The Morgan fingerprint density at radius 2 is 2.15 bits per heavy atom. The Kier molecular flexibility index (Phi) is 4.53. The van der Waals surface area contributed by atoms with E-state index in [1.54, 1.807) is 11.8 Å². The molecule has 1 saturated heterocycles. The molecule has 0 bridgehead atoms. The zero-order chi connectivity index (χ0) is 18.8. The molecular weight excluding hydrogens is 346 g/mol. The lowest BCUT2D eigenvalue weighted by Crippen LogP contribution is -2.33. The first-order valence-electron chi connectivity index (χ1n) is 8.85. The monoisotopic (exact) mass is 365 g/mol. The molecule has 4 rings (SSSR count). The number of nitrogens with zero attached hydrogens (tertiary/aromatic N) is 4. The summed E-state index contributed by atoms with van der Waals surface area (Å²) in [4.78, 5) is 37.6. The molecule has 1 aromatic carbocycles. The van der Waals surface area contributed by atoms with Crippen molar-refractivity contribution in [2.75, 3.05) is 6.54 Å². The van der Waals surface area contributed by atoms with Gasteiger partial charge in [0, 0.05) is 23.9 Å². The number of carbonyl (C=O) groups excluding carboxylic acids is 1. The van der Waals surface area contributed by atoms with Crippen LogP contribution in [0.3, 0.4) is 0 Å². The standard InChI is InChI=1S/C19H19N5O3/c1-12-20-11-14(18(26)21-12)10-16(25)24-9-5-8-15(24)19-22-17(23-27-19)13-6-3-2-4-7-13/h2-4,6-7,11,15H,5,8-10H2,1H3,(H,20,21,26)/t15-/m0/s1. The summed E-state index contributed by atoms with van der Waals surface area (Å²) in [5.41, 5.74) is 0.933. The number of H-pyrrole nitrogens is 1. The Labute approximate surface area is 155 Å². The Morgan fingerprint density at radius 3 is 2.93 bits per heavy atom. The van der Waals surface area contributed by atoms with Gasteiger partial charge in [0.1, 0.15) is 11.9 Å². The van der Waals surface area contributed by atoms with Crippen LogP contribution in [0.1, 0.15) is 36.2 Å². The molecule has 1 atom stereocenters. The molecular formula is C19H19N5O3. The molecule has 0 spiro atoms. The van der Waals surface area contributed by atoms with Gasteiger partial charge < -0.3 is 14.4 Å². The molecule has 3 heterocycles. The number of hydrogen-bond acceptors (Lipinski definition) is 6. The van der Waals surface area contributed by atoms with Gasteiger partial charge >= 0.3 is 0 Å². The maximum atomic E-state index is 12.8. The first kappa shape index (κ1) is 17.1. The van der Waals surface area contributed by atoms with Crippen LogP contribution in [0.2, 0.25) is 0 Å². The number of carbonyl (C=O) groups is 1. The van der Waals surface area contributed by atoms with Crippen molar-refractivity contribution in [3.05, 3.63) is 64.2 Å². The zero-order valence-electron chi connectivity index (χ0n) is 14.9. The Hall–Kier alpha value is -3.29. The molecule has 8 heteroatoms. The molecule has 138 valence electrons. The number of aromatic amines is 1. The van der Waals surface area contributed by atoms with Crippen LogP contribution in [-0.4, -0.2) is 37.5 Å². The third kappa shape index (κ3) is 3.51. The van der Waals surface area contributed by atoms with E-state index in [2.05, 4.69) is 20.1 Å². The number of likely N-dealkylation sites (tertiary alicyclic amines) is 1. The molecule has 0 saturated carbocycles. The molecule has 27 heavy (non-hydrogen) atoms. The molecule has 1 N–H and O–H groups in total. The molecule has 0 radical (unpaired) electrons. The van der Waals surface area contributed by atoms with E-state index in [0.717, 1.165) is 18.4 Å². The van der Waals surface area contributed by atoms with Crippen LogP contribution in [0.15, 0.2) is 45.8 Å². The summed E-state index contributed by atoms with van der Waals surface area (Å²) in [6.45, 7) is 2.30. The summed E-state index contributed by atoms with van der Waals surface area (Å²) >= 11 is 0. The predicted octanol–water partition coefficient (Wildman–Crippen LogP) is 2.03. The Morgan fingerprint density at radius 1 is 1.33 bits per heavy atom. The lowest BCUT2D eigenvalue weighted by Gasteiger charge is -2.21. The van der Waals surface area contributed by atoms with Crippen LogP contribution in [0.5, 0.6) is 0 Å². The molecule has 2 aromatic heterocycles. The van der Waals surface area contributed by atoms with E-state index in [4.69, 9.17) is 4.52 Å². The molecule has 0 unspecified atom stereocenters. The van der Waals surface area contributed by atoms with E-state index in [1.165, 1.54) is 6.20 Å². The van der Waals surface area contributed by atoms with Gasteiger partial charge in [-0.3, -0.25) is 9.59 Å². The number of rotatable bonds is 4. The van der Waals surface area contributed by atoms with Gasteiger partial charge in [0.2, 0.25) is 17.6 Å². The third-order valence-electron chi connectivity index (χ3n) is 4.67. The second-order valence-corrected chi connectivity index (χ2v) is 6.57. The fourth-order valence-electron chi connectivity index (χ4n) is 3.30. The maximum absolute atomic E-state index is 12.8. The van der Waals surface area contributed by atoms with Crippen LogP contribution in [0.25, 0.3) is 11.4 Å². The molecule has 1 aliphatic rings. The number of aromatic nitrogens is 4. The number of hydrogen-bond donors (Lipinski definition) is 1. The lowest BCUT2D eigenvalue weighted by molar-refractivity contribution is -0.131. The largest absolute Gasteiger partial charge is 0.337 e. The maximum Gasteiger partial charge on any atom is 0.254 e. The van der Waals surface area contributed by atoms with Crippen molar-refractivity contribution in [3.63, 3.8) is 0 Å². The summed E-state index contributed by atoms with van der Waals surface area (Å²) in [5.74, 6) is 1.31. The van der Waals surface area contributed by atoms with Gasteiger partial charge in [-0.2, -0.15) is 4.98 Å². The van der Waals surface area contributed by atoms with Crippen LogP contribution < -0.4 is 5.56 Å². The molecule has 0 aliphatic carbocycles. The molecule has 3 aromatic rings. The van der Waals surface area contributed by atoms with Crippen LogP contribution >= 0.6 is 0 Å². The summed E-state index contributed by atoms with van der Waals surface area (Å²) in [6, 6.07) is 9.28. The predicted molar refractivity (Wildman–Crippen MR) is 96.7 cm³/mol. The van der Waals surface area contributed by atoms with Crippen molar-refractivity contribution in [1.82, 2.24) is 25.0 Å². The second-order valence-electron chi connectivity index (χ2n) is 6.57. The van der Waals surface area contributed by atoms with E-state index in [1.807, 2.05) is 30.3 Å². The van der Waals surface area contributed by atoms with Gasteiger partial charge in [0.25, 0.3) is 5.56 Å². The minimum atomic E-state index is -0.282. The van der Waals surface area contributed by atoms with E-state index in [9.17, 15) is 9.59 Å². The van der Waals surface area contributed by atoms with E-state index in [-0.39, 0.29) is 23.9 Å². The van der Waals surface area contributed by atoms with Gasteiger partial charge in [-0.25, -0.2) is 4.98 Å².